The van der Waals surface area contributed by atoms with E-state index in [-0.39, 0.29) is 56.4 Å². The summed E-state index contributed by atoms with van der Waals surface area (Å²) >= 11 is 0. The molecule has 8 bridgehead atoms. The van der Waals surface area contributed by atoms with Gasteiger partial charge >= 0.3 is 19.5 Å². The zero-order valence-electron chi connectivity index (χ0n) is 40.8. The number of ether oxygens (including phenoxy) is 1. The molecule has 0 spiro atoms. The molecule has 3 fully saturated rings. The van der Waals surface area contributed by atoms with E-state index in [2.05, 4.69) is 12.1 Å². The van der Waals surface area contributed by atoms with Crippen LogP contribution in [0.25, 0.3) is 89.7 Å². The van der Waals surface area contributed by atoms with Crippen molar-refractivity contribution in [3.05, 3.63) is 120 Å². The third-order valence-corrected chi connectivity index (χ3v) is 16.5. The monoisotopic (exact) mass is 980 g/mol. The zero-order valence-corrected chi connectivity index (χ0v) is 43.7. The first-order chi connectivity index (χ1) is 36.0. The van der Waals surface area contributed by atoms with Crippen molar-refractivity contribution in [3.8, 4) is 57.1 Å². The third kappa shape index (κ3) is 8.00. The Balaban J connectivity index is 0.00000569. The fourth-order valence-corrected chi connectivity index (χ4v) is 12.0. The number of aromatic nitrogens is 8. The number of hydrogen-bond acceptors (Lipinski definition) is 7. The third-order valence-electron chi connectivity index (χ3n) is 16.5. The molecule has 0 amide bonds. The van der Waals surface area contributed by atoms with E-state index in [9.17, 15) is 0 Å². The Morgan fingerprint density at radius 1 is 0.453 bits per heavy atom. The minimum absolute atomic E-state index is 0. The molecule has 13 rings (SSSR count). The SMILES string of the molecule is [B][11B]C1[11B]([B])C1([11B][B])Cc1cc(CC2([11B][B])[11B]([B])C2[11B][B])c(Oc2ccc3c4nc5nc(nc6nc(nc7[n-]c(nc([n-]4)c3c2)c2ccccc72)-c2ccccc2-6)-c2ccccc2-5)c(CC2([11B][B])[11B]([B])C2[11B][B])c1.[Zn+2]. The van der Waals surface area contributed by atoms with Crippen LogP contribution in [-0.4, -0.2) is 162 Å². The Bertz CT molecular complexity index is 3750. The van der Waals surface area contributed by atoms with E-state index in [1.807, 2.05) is 91.0 Å². The van der Waals surface area contributed by atoms with Crippen molar-refractivity contribution in [1.82, 2.24) is 39.9 Å². The number of benzene rings is 5. The van der Waals surface area contributed by atoms with Crippen LogP contribution < -0.4 is 14.7 Å². The summed E-state index contributed by atoms with van der Waals surface area (Å²) in [5.74, 6) is 2.95. The normalized spacial score (nSPS) is 22.6. The summed E-state index contributed by atoms with van der Waals surface area (Å²) in [6.45, 7) is -0.910. The molecule has 6 unspecified atom stereocenters. The molecule has 0 aliphatic carbocycles. The molecular weight excluding hydrogens is 954 g/mol. The smallest absolute Gasteiger partial charge is 0.457 e. The number of rotatable bonds is 14. The van der Waals surface area contributed by atoms with Crippen molar-refractivity contribution in [2.45, 2.75) is 52.1 Å². The van der Waals surface area contributed by atoms with Gasteiger partial charge in [-0.2, -0.15) is 0 Å². The van der Waals surface area contributed by atoms with Crippen LogP contribution >= 0.6 is 0 Å². The number of hydrogen-bond donors (Lipinski definition) is 0. The van der Waals surface area contributed by atoms with E-state index in [4.69, 9.17) is 114 Å². The molecule has 8 aromatic rings. The summed E-state index contributed by atoms with van der Waals surface area (Å²) in [6.07, 6.45) is 1.30. The van der Waals surface area contributed by atoms with Crippen LogP contribution in [0.3, 0.4) is 0 Å². The molecule has 3 aromatic heterocycles. The fraction of sp³-hybridized carbons (Fsp3) is 0.191. The molecule has 9 nitrogen and oxygen atoms in total. The standard InChI is InChI=1S/C47H26B18N8O.Zn/c48-57-42-45(60-51,63(42)54)18-21-15-22(19-46(61-52)43(58-49)64(46)55)33(23(16-21)20-47(62-53)44(59-50)65(47)56)74-24-13-14-31-32(17-24)41-72-39-30-12-6-5-11-29(30)37(70-39)68-35-26-8-2-1-7-25(26)34(66-35)67-36-27-9-3-4-10-28(27)38(69-36)71-40(31)73-41;/h1-17,42-44H,18-20H2;/q-2;+2/i57+0,58+0,59+0,60+0,61+0,62+0,63+0,64+0,65+0;. The van der Waals surface area contributed by atoms with Crippen molar-refractivity contribution in [2.75, 3.05) is 0 Å². The van der Waals surface area contributed by atoms with E-state index in [0.717, 1.165) is 49.7 Å². The van der Waals surface area contributed by atoms with E-state index >= 15 is 0 Å². The molecule has 24 radical (unpaired) electrons. The van der Waals surface area contributed by atoms with Crippen LogP contribution in [0.4, 0.5) is 0 Å². The van der Waals surface area contributed by atoms with Gasteiger partial charge in [-0.15, -0.1) is 32.8 Å². The molecule has 5 aliphatic heterocycles. The maximum absolute atomic E-state index is 7.23. The van der Waals surface area contributed by atoms with Crippen LogP contribution in [0, 0.1) is 0 Å². The topological polar surface area (TPSA) is 115 Å². The second kappa shape index (κ2) is 19.2. The Morgan fingerprint density at radius 2 is 0.827 bits per heavy atom. The van der Waals surface area contributed by atoms with Crippen molar-refractivity contribution < 1.29 is 24.2 Å². The number of nitrogens with zero attached hydrogens (tertiary/aromatic N) is 8. The zero-order chi connectivity index (χ0) is 50.8. The van der Waals surface area contributed by atoms with Gasteiger partial charge < -0.3 is 29.7 Å². The quantitative estimate of drug-likeness (QED) is 0.152. The molecule has 3 saturated heterocycles. The van der Waals surface area contributed by atoms with Gasteiger partial charge in [-0.25, -0.2) is 15.0 Å². The largest absolute Gasteiger partial charge is 2.00 e. The summed E-state index contributed by atoms with van der Waals surface area (Å²) in [4.78, 5) is 40.7. The first-order valence-electron chi connectivity index (χ1n) is 24.6. The molecule has 0 saturated carbocycles. The summed E-state index contributed by atoms with van der Waals surface area (Å²) in [5, 5.41) is 1.06. The predicted molar refractivity (Wildman–Crippen MR) is 315 cm³/mol. The van der Waals surface area contributed by atoms with Gasteiger partial charge in [0.15, 0.2) is 11.6 Å². The van der Waals surface area contributed by atoms with Gasteiger partial charge in [0.2, 0.25) is 0 Å². The summed E-state index contributed by atoms with van der Waals surface area (Å²) in [5.41, 5.74) is 7.07. The van der Waals surface area contributed by atoms with Crippen LogP contribution in [0.1, 0.15) is 16.7 Å². The van der Waals surface area contributed by atoms with Crippen molar-refractivity contribution >= 4 is 177 Å². The fourth-order valence-electron chi connectivity index (χ4n) is 12.0. The molecule has 5 aliphatic rings. The maximum Gasteiger partial charge on any atom is 2.00 e. The Kier molecular flexibility index (Phi) is 13.0. The van der Waals surface area contributed by atoms with Crippen LogP contribution in [0.15, 0.2) is 103 Å². The second-order valence-electron chi connectivity index (χ2n) is 20.3. The van der Waals surface area contributed by atoms with Gasteiger partial charge in [-0.05, 0) is 75.7 Å². The first kappa shape index (κ1) is 50.8. The first-order valence-corrected chi connectivity index (χ1v) is 24.6. The Hall–Kier alpha value is -4.95. The second-order valence-corrected chi connectivity index (χ2v) is 20.3. The van der Waals surface area contributed by atoms with Crippen LogP contribution in [0.5, 0.6) is 11.5 Å². The Morgan fingerprint density at radius 3 is 1.24 bits per heavy atom. The Labute approximate surface area is 466 Å². The minimum Gasteiger partial charge on any atom is -0.457 e. The molecular formula is C47H26B18N8OZn. The molecule has 75 heavy (non-hydrogen) atoms. The summed E-state index contributed by atoms with van der Waals surface area (Å²) in [6, 6.07) is 33.5. The van der Waals surface area contributed by atoms with Crippen LogP contribution in [-0.2, 0) is 38.7 Å². The average molecular weight is 981 g/mol. The molecule has 8 heterocycles. The van der Waals surface area contributed by atoms with Gasteiger partial charge in [0.25, 0.3) is 0 Å². The van der Waals surface area contributed by atoms with Gasteiger partial charge in [0.1, 0.15) is 11.5 Å². The van der Waals surface area contributed by atoms with Crippen molar-refractivity contribution in [2.24, 2.45) is 0 Å². The summed E-state index contributed by atoms with van der Waals surface area (Å²) < 4.78 is 7.23. The van der Waals surface area contributed by atoms with Crippen LogP contribution in [0.2, 0.25) is 32.8 Å². The van der Waals surface area contributed by atoms with Gasteiger partial charge in [-0.3, -0.25) is 0 Å². The molecule has 0 N–H and O–H groups in total. The number of fused-ring (bicyclic) bond motifs is 20. The van der Waals surface area contributed by atoms with E-state index < -0.39 is 15.6 Å². The van der Waals surface area contributed by atoms with Crippen molar-refractivity contribution in [3.63, 3.8) is 0 Å². The molecule has 6 atom stereocenters. The minimum atomic E-state index is -0.659. The van der Waals surface area contributed by atoms with E-state index in [1.165, 1.54) is 0 Å². The van der Waals surface area contributed by atoms with Crippen molar-refractivity contribution in [1.29, 1.82) is 0 Å². The average Bonchev–Trinajstić information content (AvgIpc) is 4.06. The van der Waals surface area contributed by atoms with E-state index in [1.54, 1.807) is 43.0 Å². The molecule has 5 aromatic carbocycles. The van der Waals surface area contributed by atoms with Gasteiger partial charge in [-0.1, -0.05) is 84.9 Å². The van der Waals surface area contributed by atoms with Gasteiger partial charge in [0.05, 0.1) is 53.0 Å². The molecule has 28 heteroatoms. The summed E-state index contributed by atoms with van der Waals surface area (Å²) in [7, 11) is 67.8. The van der Waals surface area contributed by atoms with Gasteiger partial charge in [0, 0.05) is 136 Å². The maximum atomic E-state index is 7.23. The van der Waals surface area contributed by atoms with E-state index in [0.29, 0.717) is 87.4 Å². The predicted octanol–water partition coefficient (Wildman–Crippen LogP) is 2.87. The molecule has 316 valence electrons.